The predicted molar refractivity (Wildman–Crippen MR) is 65.9 cm³/mol. The van der Waals surface area contributed by atoms with Crippen molar-refractivity contribution in [2.24, 2.45) is 23.3 Å². The molecule has 0 aromatic rings. The van der Waals surface area contributed by atoms with Gasteiger partial charge in [-0.05, 0) is 44.6 Å². The summed E-state index contributed by atoms with van der Waals surface area (Å²) in [6, 6.07) is 0. The highest BCUT2D eigenvalue weighted by atomic mass is 16.2. The maximum absolute atomic E-state index is 11.8. The largest absolute Gasteiger partial charge is 0.370 e. The zero-order chi connectivity index (χ0) is 12.7. The molecule has 0 atom stereocenters. The second kappa shape index (κ2) is 7.27. The van der Waals surface area contributed by atoms with Crippen LogP contribution in [0.15, 0.2) is 0 Å². The third-order valence-corrected chi connectivity index (χ3v) is 3.45. The number of rotatable bonds is 6. The van der Waals surface area contributed by atoms with Crippen molar-refractivity contribution in [1.29, 1.82) is 0 Å². The summed E-state index contributed by atoms with van der Waals surface area (Å²) < 4.78 is 0. The summed E-state index contributed by atoms with van der Waals surface area (Å²) in [5.74, 6) is 0.521. The molecule has 0 aliphatic heterocycles. The molecule has 98 valence electrons. The smallest absolute Gasteiger partial charge is 0.223 e. The van der Waals surface area contributed by atoms with Crippen molar-refractivity contribution in [2.75, 3.05) is 13.1 Å². The molecular formula is C12H23N3O2. The van der Waals surface area contributed by atoms with Crippen molar-refractivity contribution in [1.82, 2.24) is 5.32 Å². The van der Waals surface area contributed by atoms with Crippen LogP contribution in [-0.2, 0) is 9.59 Å². The maximum atomic E-state index is 11.8. The van der Waals surface area contributed by atoms with Gasteiger partial charge in [0.05, 0.1) is 0 Å². The molecule has 5 N–H and O–H groups in total. The van der Waals surface area contributed by atoms with E-state index in [2.05, 4.69) is 5.32 Å². The summed E-state index contributed by atoms with van der Waals surface area (Å²) in [5, 5.41) is 2.86. The van der Waals surface area contributed by atoms with Crippen molar-refractivity contribution in [3.05, 3.63) is 0 Å². The van der Waals surface area contributed by atoms with Crippen LogP contribution < -0.4 is 16.8 Å². The summed E-state index contributed by atoms with van der Waals surface area (Å²) in [7, 11) is 0. The van der Waals surface area contributed by atoms with E-state index in [-0.39, 0.29) is 17.7 Å². The van der Waals surface area contributed by atoms with Crippen LogP contribution >= 0.6 is 0 Å². The Morgan fingerprint density at radius 1 is 1.18 bits per heavy atom. The van der Waals surface area contributed by atoms with Crippen molar-refractivity contribution in [3.8, 4) is 0 Å². The molecule has 5 heteroatoms. The van der Waals surface area contributed by atoms with E-state index in [1.54, 1.807) is 0 Å². The minimum atomic E-state index is -0.317. The van der Waals surface area contributed by atoms with Crippen molar-refractivity contribution in [3.63, 3.8) is 0 Å². The number of nitrogens with two attached hydrogens (primary N) is 2. The van der Waals surface area contributed by atoms with Crippen LogP contribution in [0.2, 0.25) is 0 Å². The zero-order valence-corrected chi connectivity index (χ0v) is 10.3. The lowest BCUT2D eigenvalue weighted by molar-refractivity contribution is -0.126. The van der Waals surface area contributed by atoms with Crippen molar-refractivity contribution >= 4 is 11.8 Å². The molecule has 0 radical (unpaired) electrons. The van der Waals surface area contributed by atoms with Crippen LogP contribution in [0.3, 0.4) is 0 Å². The first-order valence-corrected chi connectivity index (χ1v) is 6.39. The molecule has 0 aromatic carbocycles. The Morgan fingerprint density at radius 2 is 1.82 bits per heavy atom. The van der Waals surface area contributed by atoms with Gasteiger partial charge in [-0.15, -0.1) is 0 Å². The number of primary amides is 1. The van der Waals surface area contributed by atoms with Crippen molar-refractivity contribution in [2.45, 2.75) is 38.5 Å². The first-order valence-electron chi connectivity index (χ1n) is 6.39. The van der Waals surface area contributed by atoms with Crippen LogP contribution in [0.25, 0.3) is 0 Å². The normalized spacial score (nSPS) is 24.3. The number of hydrogen-bond acceptors (Lipinski definition) is 3. The highest BCUT2D eigenvalue weighted by Crippen LogP contribution is 2.28. The van der Waals surface area contributed by atoms with Gasteiger partial charge in [-0.3, -0.25) is 9.59 Å². The van der Waals surface area contributed by atoms with E-state index in [1.807, 2.05) is 0 Å². The van der Waals surface area contributed by atoms with Crippen LogP contribution in [-0.4, -0.2) is 24.9 Å². The fraction of sp³-hybridized carbons (Fsp3) is 0.833. The molecule has 0 bridgehead atoms. The van der Waals surface area contributed by atoms with Gasteiger partial charge in [0, 0.05) is 18.9 Å². The van der Waals surface area contributed by atoms with Crippen LogP contribution in [0.1, 0.15) is 38.5 Å². The van der Waals surface area contributed by atoms with E-state index >= 15 is 0 Å². The molecule has 1 fully saturated rings. The highest BCUT2D eigenvalue weighted by molar-refractivity contribution is 5.78. The molecule has 0 heterocycles. The topological polar surface area (TPSA) is 98.2 Å². The van der Waals surface area contributed by atoms with E-state index in [4.69, 9.17) is 11.5 Å². The van der Waals surface area contributed by atoms with Gasteiger partial charge < -0.3 is 16.8 Å². The number of hydrogen-bond donors (Lipinski definition) is 3. The Hall–Kier alpha value is -1.10. The van der Waals surface area contributed by atoms with Crippen LogP contribution in [0.4, 0.5) is 0 Å². The zero-order valence-electron chi connectivity index (χ0n) is 10.3. The molecular weight excluding hydrogens is 218 g/mol. The van der Waals surface area contributed by atoms with Gasteiger partial charge in [0.1, 0.15) is 0 Å². The number of nitrogens with one attached hydrogen (secondary N) is 1. The standard InChI is InChI=1S/C12H23N3O2/c13-8-9-3-5-10(6-4-9)12(17)15-7-1-2-11(14)16/h9-10H,1-8,13H2,(H2,14,16)(H,15,17). The average molecular weight is 241 g/mol. The molecule has 2 amide bonds. The fourth-order valence-electron chi connectivity index (χ4n) is 2.28. The minimum Gasteiger partial charge on any atom is -0.370 e. The lowest BCUT2D eigenvalue weighted by atomic mass is 9.81. The van der Waals surface area contributed by atoms with E-state index in [0.717, 1.165) is 32.2 Å². The molecule has 1 aliphatic rings. The van der Waals surface area contributed by atoms with Gasteiger partial charge in [-0.2, -0.15) is 0 Å². The molecule has 1 aliphatic carbocycles. The molecule has 1 rings (SSSR count). The van der Waals surface area contributed by atoms with Gasteiger partial charge in [-0.1, -0.05) is 0 Å². The second-order valence-electron chi connectivity index (χ2n) is 4.81. The lowest BCUT2D eigenvalue weighted by Crippen LogP contribution is -2.35. The molecule has 0 unspecified atom stereocenters. The van der Waals surface area contributed by atoms with Crippen LogP contribution in [0, 0.1) is 11.8 Å². The van der Waals surface area contributed by atoms with Gasteiger partial charge in [0.25, 0.3) is 0 Å². The Labute approximate surface area is 102 Å². The number of amides is 2. The molecule has 17 heavy (non-hydrogen) atoms. The highest BCUT2D eigenvalue weighted by Gasteiger charge is 2.25. The van der Waals surface area contributed by atoms with Gasteiger partial charge in [-0.25, -0.2) is 0 Å². The van der Waals surface area contributed by atoms with Gasteiger partial charge >= 0.3 is 0 Å². The monoisotopic (exact) mass is 241 g/mol. The number of carbonyl (C=O) groups excluding carboxylic acids is 2. The molecule has 0 saturated heterocycles. The summed E-state index contributed by atoms with van der Waals surface area (Å²) in [5.41, 5.74) is 10.6. The Balaban J connectivity index is 2.14. The lowest BCUT2D eigenvalue weighted by Gasteiger charge is -2.26. The van der Waals surface area contributed by atoms with E-state index in [0.29, 0.717) is 25.3 Å². The second-order valence-corrected chi connectivity index (χ2v) is 4.81. The Bertz CT molecular complexity index is 260. The predicted octanol–water partition coefficient (Wildman–Crippen LogP) is 0.133. The third-order valence-electron chi connectivity index (χ3n) is 3.45. The molecule has 0 spiro atoms. The first-order chi connectivity index (χ1) is 8.13. The first kappa shape index (κ1) is 14.0. The molecule has 5 nitrogen and oxygen atoms in total. The number of carbonyl (C=O) groups is 2. The van der Waals surface area contributed by atoms with Gasteiger partial charge in [0.2, 0.25) is 11.8 Å². The van der Waals surface area contributed by atoms with Gasteiger partial charge in [0.15, 0.2) is 0 Å². The Kier molecular flexibility index (Phi) is 5.97. The minimum absolute atomic E-state index is 0.116. The third kappa shape index (κ3) is 5.17. The fourth-order valence-corrected chi connectivity index (χ4v) is 2.28. The summed E-state index contributed by atoms with van der Waals surface area (Å²) in [4.78, 5) is 22.3. The summed E-state index contributed by atoms with van der Waals surface area (Å²) in [6.45, 7) is 1.27. The average Bonchev–Trinajstić information content (AvgIpc) is 2.34. The summed E-state index contributed by atoms with van der Waals surface area (Å²) >= 11 is 0. The maximum Gasteiger partial charge on any atom is 0.223 e. The summed E-state index contributed by atoms with van der Waals surface area (Å²) in [6.07, 6.45) is 4.93. The quantitative estimate of drug-likeness (QED) is 0.576. The molecule has 1 saturated carbocycles. The van der Waals surface area contributed by atoms with Crippen LogP contribution in [0.5, 0.6) is 0 Å². The van der Waals surface area contributed by atoms with E-state index < -0.39 is 0 Å². The SMILES string of the molecule is NCC1CCC(C(=O)NCCCC(N)=O)CC1. The van der Waals surface area contributed by atoms with E-state index in [9.17, 15) is 9.59 Å². The Morgan fingerprint density at radius 3 is 2.35 bits per heavy atom. The van der Waals surface area contributed by atoms with Crippen molar-refractivity contribution < 1.29 is 9.59 Å². The van der Waals surface area contributed by atoms with E-state index in [1.165, 1.54) is 0 Å². The molecule has 0 aromatic heterocycles.